The normalized spacial score (nSPS) is 11.5. The molecule has 1 N–H and O–H groups in total. The average molecular weight is 279 g/mol. The lowest BCUT2D eigenvalue weighted by molar-refractivity contribution is -0.138. The summed E-state index contributed by atoms with van der Waals surface area (Å²) in [5.41, 5.74) is 1.28. The lowest BCUT2D eigenvalue weighted by Crippen LogP contribution is -2.21. The monoisotopic (exact) mass is 278 g/mol. The average Bonchev–Trinajstić information content (AvgIpc) is 2.80. The molecule has 2 rings (SSSR count). The molecule has 0 atom stereocenters. The number of imidazole rings is 1. The number of carbonyl (C=O) groups is 1. The predicted molar refractivity (Wildman–Crippen MR) is 73.9 cm³/mol. The number of rotatable bonds is 4. The van der Waals surface area contributed by atoms with Crippen LogP contribution >= 0.6 is 11.6 Å². The van der Waals surface area contributed by atoms with Gasteiger partial charge in [0, 0.05) is 17.8 Å². The predicted octanol–water partition coefficient (Wildman–Crippen LogP) is 3.28. The molecule has 0 aliphatic heterocycles. The Morgan fingerprint density at radius 1 is 1.47 bits per heavy atom. The van der Waals surface area contributed by atoms with Gasteiger partial charge < -0.3 is 9.67 Å². The van der Waals surface area contributed by atoms with Crippen LogP contribution < -0.4 is 0 Å². The van der Waals surface area contributed by atoms with Gasteiger partial charge in [-0.25, -0.2) is 4.98 Å². The Morgan fingerprint density at radius 2 is 2.21 bits per heavy atom. The number of aromatic nitrogens is 2. The van der Waals surface area contributed by atoms with Crippen molar-refractivity contribution >= 4 is 17.6 Å². The minimum absolute atomic E-state index is 0.0632. The summed E-state index contributed by atoms with van der Waals surface area (Å²) in [5, 5.41) is 9.52. The van der Waals surface area contributed by atoms with Crippen LogP contribution in [0.5, 0.6) is 0 Å². The third-order valence-electron chi connectivity index (χ3n) is 3.10. The minimum Gasteiger partial charge on any atom is -0.481 e. The zero-order chi connectivity index (χ0) is 14.0. The summed E-state index contributed by atoms with van der Waals surface area (Å²) < 4.78 is 1.82. The number of benzene rings is 1. The van der Waals surface area contributed by atoms with E-state index in [0.29, 0.717) is 5.02 Å². The Kier molecular flexibility index (Phi) is 3.62. The molecule has 19 heavy (non-hydrogen) atoms. The fourth-order valence-corrected chi connectivity index (χ4v) is 2.30. The first-order valence-corrected chi connectivity index (χ1v) is 6.28. The van der Waals surface area contributed by atoms with E-state index < -0.39 is 11.4 Å². The van der Waals surface area contributed by atoms with Gasteiger partial charge in [-0.05, 0) is 17.7 Å². The third kappa shape index (κ3) is 2.96. The van der Waals surface area contributed by atoms with E-state index in [-0.39, 0.29) is 6.42 Å². The number of carboxylic acids is 1. The van der Waals surface area contributed by atoms with Crippen LogP contribution in [-0.4, -0.2) is 20.6 Å². The van der Waals surface area contributed by atoms with Gasteiger partial charge in [0.15, 0.2) is 0 Å². The minimum atomic E-state index is -0.820. The van der Waals surface area contributed by atoms with Crippen LogP contribution in [0.3, 0.4) is 0 Å². The largest absolute Gasteiger partial charge is 0.481 e. The molecule has 5 heteroatoms. The van der Waals surface area contributed by atoms with Gasteiger partial charge in [-0.3, -0.25) is 4.79 Å². The van der Waals surface area contributed by atoms with Crippen LogP contribution in [0.4, 0.5) is 0 Å². The Labute approximate surface area is 116 Å². The first-order chi connectivity index (χ1) is 8.90. The standard InChI is InChI=1S/C14H15ClN2O2/c1-14(2,8-13(18)19)10-3-4-12(11(15)7-10)17-6-5-16-9-17/h3-7,9H,8H2,1-2H3,(H,18,19). The van der Waals surface area contributed by atoms with Crippen molar-refractivity contribution in [1.29, 1.82) is 0 Å². The summed E-state index contributed by atoms with van der Waals surface area (Å²) in [6.45, 7) is 3.79. The van der Waals surface area contributed by atoms with Crippen molar-refractivity contribution in [1.82, 2.24) is 9.55 Å². The van der Waals surface area contributed by atoms with Crippen molar-refractivity contribution in [3.05, 3.63) is 47.5 Å². The smallest absolute Gasteiger partial charge is 0.304 e. The highest BCUT2D eigenvalue weighted by atomic mass is 35.5. The van der Waals surface area contributed by atoms with Crippen molar-refractivity contribution in [2.45, 2.75) is 25.7 Å². The fourth-order valence-electron chi connectivity index (χ4n) is 2.02. The maximum atomic E-state index is 10.9. The summed E-state index contributed by atoms with van der Waals surface area (Å²) >= 11 is 6.27. The molecule has 0 unspecified atom stereocenters. The van der Waals surface area contributed by atoms with Gasteiger partial charge in [-0.2, -0.15) is 0 Å². The van der Waals surface area contributed by atoms with Gasteiger partial charge in [0.1, 0.15) is 0 Å². The van der Waals surface area contributed by atoms with Gasteiger partial charge in [-0.15, -0.1) is 0 Å². The van der Waals surface area contributed by atoms with Gasteiger partial charge >= 0.3 is 5.97 Å². The Morgan fingerprint density at radius 3 is 2.74 bits per heavy atom. The summed E-state index contributed by atoms with van der Waals surface area (Å²) in [6.07, 6.45) is 5.22. The van der Waals surface area contributed by atoms with Crippen LogP contribution in [0.25, 0.3) is 5.69 Å². The molecule has 100 valence electrons. The van der Waals surface area contributed by atoms with Crippen LogP contribution in [0, 0.1) is 0 Å². The van der Waals surface area contributed by atoms with Crippen LogP contribution in [0.15, 0.2) is 36.9 Å². The SMILES string of the molecule is CC(C)(CC(=O)O)c1ccc(-n2ccnc2)c(Cl)c1. The van der Waals surface area contributed by atoms with Crippen molar-refractivity contribution in [3.63, 3.8) is 0 Å². The van der Waals surface area contributed by atoms with Crippen LogP contribution in [0.1, 0.15) is 25.8 Å². The lowest BCUT2D eigenvalue weighted by atomic mass is 9.81. The van der Waals surface area contributed by atoms with Crippen molar-refractivity contribution in [3.8, 4) is 5.69 Å². The number of hydrogen-bond acceptors (Lipinski definition) is 2. The molecule has 0 saturated heterocycles. The summed E-state index contributed by atoms with van der Waals surface area (Å²) in [5.74, 6) is -0.820. The molecule has 2 aromatic rings. The second kappa shape index (κ2) is 5.05. The topological polar surface area (TPSA) is 55.1 Å². The molecule has 0 bridgehead atoms. The van der Waals surface area contributed by atoms with Gasteiger partial charge in [-0.1, -0.05) is 31.5 Å². The molecule has 4 nitrogen and oxygen atoms in total. The molecule has 0 aliphatic rings. The Bertz CT molecular complexity index is 591. The third-order valence-corrected chi connectivity index (χ3v) is 3.41. The van der Waals surface area contributed by atoms with Gasteiger partial charge in [0.2, 0.25) is 0 Å². The van der Waals surface area contributed by atoms with E-state index in [0.717, 1.165) is 11.3 Å². The fraction of sp³-hybridized carbons (Fsp3) is 0.286. The Hall–Kier alpha value is -1.81. The molecule has 0 spiro atoms. The van der Waals surface area contributed by atoms with E-state index in [2.05, 4.69) is 4.98 Å². The van der Waals surface area contributed by atoms with E-state index in [1.807, 2.05) is 42.8 Å². The van der Waals surface area contributed by atoms with Gasteiger partial charge in [0.25, 0.3) is 0 Å². The molecule has 1 aromatic heterocycles. The highest BCUT2D eigenvalue weighted by molar-refractivity contribution is 6.32. The number of aliphatic carboxylic acids is 1. The van der Waals surface area contributed by atoms with Crippen LogP contribution in [0.2, 0.25) is 5.02 Å². The summed E-state index contributed by atoms with van der Waals surface area (Å²) in [4.78, 5) is 14.9. The first-order valence-electron chi connectivity index (χ1n) is 5.90. The molecule has 0 amide bonds. The molecule has 0 saturated carbocycles. The zero-order valence-corrected chi connectivity index (χ0v) is 11.6. The van der Waals surface area contributed by atoms with E-state index in [1.165, 1.54) is 0 Å². The van der Waals surface area contributed by atoms with E-state index in [4.69, 9.17) is 16.7 Å². The summed E-state index contributed by atoms with van der Waals surface area (Å²) in [6, 6.07) is 5.60. The Balaban J connectivity index is 2.36. The second-order valence-corrected chi connectivity index (χ2v) is 5.50. The maximum absolute atomic E-state index is 10.9. The quantitative estimate of drug-likeness (QED) is 0.934. The number of carboxylic acid groups (broad SMARTS) is 1. The lowest BCUT2D eigenvalue weighted by Gasteiger charge is -2.23. The van der Waals surface area contributed by atoms with Crippen molar-refractivity contribution < 1.29 is 9.90 Å². The van der Waals surface area contributed by atoms with Gasteiger partial charge in [0.05, 0.1) is 23.5 Å². The first kappa shape index (κ1) is 13.6. The van der Waals surface area contributed by atoms with E-state index in [1.54, 1.807) is 12.5 Å². The molecule has 0 aliphatic carbocycles. The molecular formula is C14H15ClN2O2. The zero-order valence-electron chi connectivity index (χ0n) is 10.8. The second-order valence-electron chi connectivity index (χ2n) is 5.09. The number of halogens is 1. The van der Waals surface area contributed by atoms with Crippen molar-refractivity contribution in [2.75, 3.05) is 0 Å². The van der Waals surface area contributed by atoms with E-state index >= 15 is 0 Å². The number of hydrogen-bond donors (Lipinski definition) is 1. The molecule has 0 fully saturated rings. The van der Waals surface area contributed by atoms with E-state index in [9.17, 15) is 4.79 Å². The molecule has 1 heterocycles. The summed E-state index contributed by atoms with van der Waals surface area (Å²) in [7, 11) is 0. The highest BCUT2D eigenvalue weighted by Crippen LogP contribution is 2.31. The maximum Gasteiger partial charge on any atom is 0.304 e. The molecule has 1 aromatic carbocycles. The molecular weight excluding hydrogens is 264 g/mol. The highest BCUT2D eigenvalue weighted by Gasteiger charge is 2.24. The molecule has 0 radical (unpaired) electrons. The van der Waals surface area contributed by atoms with Crippen LogP contribution in [-0.2, 0) is 10.2 Å². The van der Waals surface area contributed by atoms with Crippen molar-refractivity contribution in [2.24, 2.45) is 0 Å². The number of nitrogens with zero attached hydrogens (tertiary/aromatic N) is 2.